The highest BCUT2D eigenvalue weighted by atomic mass is 16.5. The molecule has 0 heterocycles. The molecule has 0 saturated heterocycles. The number of hydrogen-bond acceptors (Lipinski definition) is 5. The third kappa shape index (κ3) is 69.2. The standard InChI is InChI=1S/C78H149NO5/c1-3-5-7-9-11-13-15-17-19-21-23-24-32-35-38-42-46-50-54-58-62-66-70-76(81)75(74-80)79-77(82)71-67-63-59-55-51-47-43-39-36-33-30-28-26-25-27-29-31-34-37-41-45-49-53-57-61-65-69-73-84-78(83)72-68-64-60-56-52-48-44-40-22-20-18-16-14-12-10-8-6-4-2/h14,16,20,22,25-26,75-76,80-81H,3-13,15,17-19,21,23-24,27-74H2,1-2H3,(H,79,82)/b16-14-,22-20-,26-25-. The zero-order valence-electron chi connectivity index (χ0n) is 56.9. The number of ether oxygens (including phenoxy) is 1. The minimum absolute atomic E-state index is 0.00858. The lowest BCUT2D eigenvalue weighted by Crippen LogP contribution is -2.45. The van der Waals surface area contributed by atoms with Crippen molar-refractivity contribution in [1.29, 1.82) is 0 Å². The van der Waals surface area contributed by atoms with Crippen LogP contribution in [0.3, 0.4) is 0 Å². The molecule has 0 spiro atoms. The molecule has 0 aromatic carbocycles. The van der Waals surface area contributed by atoms with Crippen molar-refractivity contribution >= 4 is 11.9 Å². The van der Waals surface area contributed by atoms with Gasteiger partial charge in [-0.05, 0) is 83.5 Å². The van der Waals surface area contributed by atoms with Gasteiger partial charge in [-0.2, -0.15) is 0 Å². The monoisotopic (exact) mass is 1180 g/mol. The summed E-state index contributed by atoms with van der Waals surface area (Å²) in [6.45, 7) is 4.98. The SMILES string of the molecule is CCCCCC/C=C\C/C=C\CCCCCCCCCC(=O)OCCCCCCCCCCCCCC/C=C\CCCCCCCCCCCCCC(=O)NC(CO)C(O)CCCCCCCCCCCCCCCCCCCCCCCC. The number of carbonyl (C=O) groups excluding carboxylic acids is 2. The summed E-state index contributed by atoms with van der Waals surface area (Å²) in [5, 5.41) is 23.5. The fourth-order valence-electron chi connectivity index (χ4n) is 12.1. The van der Waals surface area contributed by atoms with Gasteiger partial charge in [0.2, 0.25) is 5.91 Å². The fourth-order valence-corrected chi connectivity index (χ4v) is 12.1. The van der Waals surface area contributed by atoms with E-state index in [-0.39, 0.29) is 18.5 Å². The maximum atomic E-state index is 12.6. The lowest BCUT2D eigenvalue weighted by molar-refractivity contribution is -0.143. The van der Waals surface area contributed by atoms with E-state index >= 15 is 0 Å². The van der Waals surface area contributed by atoms with Crippen LogP contribution in [0.4, 0.5) is 0 Å². The first-order valence-electron chi connectivity index (χ1n) is 38.2. The Morgan fingerprint density at radius 1 is 0.333 bits per heavy atom. The van der Waals surface area contributed by atoms with Crippen LogP contribution in [0.1, 0.15) is 425 Å². The van der Waals surface area contributed by atoms with Gasteiger partial charge in [-0.1, -0.05) is 365 Å². The van der Waals surface area contributed by atoms with E-state index in [1.807, 2.05) is 0 Å². The zero-order valence-corrected chi connectivity index (χ0v) is 56.9. The number of hydrogen-bond donors (Lipinski definition) is 3. The number of allylic oxidation sites excluding steroid dienone is 6. The molecule has 0 aliphatic carbocycles. The highest BCUT2D eigenvalue weighted by Crippen LogP contribution is 2.19. The highest BCUT2D eigenvalue weighted by Gasteiger charge is 2.20. The zero-order chi connectivity index (χ0) is 60.6. The number of aliphatic hydroxyl groups is 2. The first kappa shape index (κ1) is 82.1. The van der Waals surface area contributed by atoms with Gasteiger partial charge in [-0.25, -0.2) is 0 Å². The molecule has 0 fully saturated rings. The van der Waals surface area contributed by atoms with E-state index < -0.39 is 12.1 Å². The van der Waals surface area contributed by atoms with Crippen LogP contribution in [-0.2, 0) is 14.3 Å². The molecule has 1 amide bonds. The van der Waals surface area contributed by atoms with Crippen LogP contribution in [0.2, 0.25) is 0 Å². The number of nitrogens with one attached hydrogen (secondary N) is 1. The molecule has 84 heavy (non-hydrogen) atoms. The van der Waals surface area contributed by atoms with E-state index in [4.69, 9.17) is 4.74 Å². The van der Waals surface area contributed by atoms with E-state index in [2.05, 4.69) is 55.6 Å². The minimum Gasteiger partial charge on any atom is -0.466 e. The summed E-state index contributed by atoms with van der Waals surface area (Å²) in [4.78, 5) is 24.7. The van der Waals surface area contributed by atoms with E-state index in [9.17, 15) is 19.8 Å². The molecule has 2 unspecified atom stereocenters. The maximum absolute atomic E-state index is 12.6. The minimum atomic E-state index is -0.667. The van der Waals surface area contributed by atoms with E-state index in [0.717, 1.165) is 51.4 Å². The average Bonchev–Trinajstić information content (AvgIpc) is 3.51. The molecule has 0 rings (SSSR count). The number of amides is 1. The second kappa shape index (κ2) is 73.5. The highest BCUT2D eigenvalue weighted by molar-refractivity contribution is 5.76. The van der Waals surface area contributed by atoms with Gasteiger partial charge in [0.15, 0.2) is 0 Å². The smallest absolute Gasteiger partial charge is 0.305 e. The largest absolute Gasteiger partial charge is 0.466 e. The first-order chi connectivity index (χ1) is 41.5. The Bertz CT molecular complexity index is 1360. The van der Waals surface area contributed by atoms with E-state index in [0.29, 0.717) is 25.9 Å². The Balaban J connectivity index is 3.38. The van der Waals surface area contributed by atoms with Gasteiger partial charge < -0.3 is 20.3 Å². The van der Waals surface area contributed by atoms with Crippen LogP contribution in [0.5, 0.6) is 0 Å². The number of rotatable bonds is 72. The molecule has 6 heteroatoms. The molecule has 3 N–H and O–H groups in total. The van der Waals surface area contributed by atoms with Crippen molar-refractivity contribution in [2.24, 2.45) is 0 Å². The topological polar surface area (TPSA) is 95.9 Å². The molecule has 0 aliphatic rings. The molecule has 2 atom stereocenters. The molecular weight excluding hydrogens is 1030 g/mol. The summed E-state index contributed by atoms with van der Waals surface area (Å²) >= 11 is 0. The quantitative estimate of drug-likeness (QED) is 0.0320. The predicted octanol–water partition coefficient (Wildman–Crippen LogP) is 25.0. The van der Waals surface area contributed by atoms with Crippen LogP contribution >= 0.6 is 0 Å². The number of esters is 1. The lowest BCUT2D eigenvalue weighted by Gasteiger charge is -2.22. The number of unbranched alkanes of at least 4 members (excludes halogenated alkanes) is 55. The fraction of sp³-hybridized carbons (Fsp3) is 0.897. The Morgan fingerprint density at radius 2 is 0.595 bits per heavy atom. The Labute approximate surface area is 525 Å². The Hall–Kier alpha value is -1.92. The van der Waals surface area contributed by atoms with Crippen molar-refractivity contribution in [3.63, 3.8) is 0 Å². The summed E-state index contributed by atoms with van der Waals surface area (Å²) in [7, 11) is 0. The summed E-state index contributed by atoms with van der Waals surface area (Å²) in [6.07, 6.45) is 95.0. The number of aliphatic hydroxyl groups excluding tert-OH is 2. The summed E-state index contributed by atoms with van der Waals surface area (Å²) < 4.78 is 5.50. The third-order valence-electron chi connectivity index (χ3n) is 17.9. The molecule has 0 aliphatic heterocycles. The Morgan fingerprint density at radius 3 is 0.929 bits per heavy atom. The maximum Gasteiger partial charge on any atom is 0.305 e. The van der Waals surface area contributed by atoms with Gasteiger partial charge in [0.25, 0.3) is 0 Å². The van der Waals surface area contributed by atoms with Gasteiger partial charge >= 0.3 is 5.97 Å². The summed E-state index contributed by atoms with van der Waals surface area (Å²) in [5.74, 6) is -0.0226. The molecule has 496 valence electrons. The van der Waals surface area contributed by atoms with Crippen LogP contribution in [0.15, 0.2) is 36.5 Å². The van der Waals surface area contributed by atoms with Gasteiger partial charge in [0, 0.05) is 12.8 Å². The molecule has 6 nitrogen and oxygen atoms in total. The van der Waals surface area contributed by atoms with Crippen LogP contribution in [0, 0.1) is 0 Å². The van der Waals surface area contributed by atoms with E-state index in [1.54, 1.807) is 0 Å². The van der Waals surface area contributed by atoms with Crippen molar-refractivity contribution in [2.75, 3.05) is 13.2 Å². The predicted molar refractivity (Wildman–Crippen MR) is 370 cm³/mol. The Kier molecular flexibility index (Phi) is 71.9. The molecule has 0 bridgehead atoms. The molecule has 0 radical (unpaired) electrons. The lowest BCUT2D eigenvalue weighted by atomic mass is 10.0. The van der Waals surface area contributed by atoms with Crippen molar-refractivity contribution in [2.45, 2.75) is 437 Å². The van der Waals surface area contributed by atoms with Gasteiger partial charge in [-0.15, -0.1) is 0 Å². The summed E-state index contributed by atoms with van der Waals surface area (Å²) in [6, 6.07) is -0.544. The van der Waals surface area contributed by atoms with Crippen molar-refractivity contribution < 1.29 is 24.5 Å². The van der Waals surface area contributed by atoms with Crippen molar-refractivity contribution in [3.05, 3.63) is 36.5 Å². The van der Waals surface area contributed by atoms with Gasteiger partial charge in [0.05, 0.1) is 25.4 Å². The summed E-state index contributed by atoms with van der Waals surface area (Å²) in [5.41, 5.74) is 0. The van der Waals surface area contributed by atoms with Gasteiger partial charge in [0.1, 0.15) is 0 Å². The van der Waals surface area contributed by atoms with Crippen LogP contribution in [-0.4, -0.2) is 47.4 Å². The van der Waals surface area contributed by atoms with Crippen molar-refractivity contribution in [1.82, 2.24) is 5.32 Å². The molecule has 0 saturated carbocycles. The second-order valence-corrected chi connectivity index (χ2v) is 26.3. The number of carbonyl (C=O) groups is 2. The first-order valence-corrected chi connectivity index (χ1v) is 38.2. The molecule has 0 aromatic heterocycles. The average molecular weight is 1180 g/mol. The van der Waals surface area contributed by atoms with Crippen molar-refractivity contribution in [3.8, 4) is 0 Å². The van der Waals surface area contributed by atoms with Gasteiger partial charge in [-0.3, -0.25) is 9.59 Å². The molecule has 0 aromatic rings. The van der Waals surface area contributed by atoms with Crippen LogP contribution in [0.25, 0.3) is 0 Å². The van der Waals surface area contributed by atoms with Crippen LogP contribution < -0.4 is 5.32 Å². The normalized spacial score (nSPS) is 12.7. The second-order valence-electron chi connectivity index (χ2n) is 26.3. The molecular formula is C78H149NO5. The van der Waals surface area contributed by atoms with E-state index in [1.165, 1.54) is 340 Å². The third-order valence-corrected chi connectivity index (χ3v) is 17.9.